The third kappa shape index (κ3) is 4.36. The number of aliphatic imine (C=N–C) groups is 1. The fraction of sp³-hybridized carbons (Fsp3) is 0.389. The molecule has 7 heteroatoms. The molecule has 0 bridgehead atoms. The van der Waals surface area contributed by atoms with Crippen LogP contribution in [0.15, 0.2) is 35.6 Å². The Bertz CT molecular complexity index is 863. The highest BCUT2D eigenvalue weighted by atomic mass is 32.1. The molecule has 0 radical (unpaired) electrons. The van der Waals surface area contributed by atoms with Gasteiger partial charge >= 0.3 is 0 Å². The Morgan fingerprint density at radius 3 is 2.92 bits per heavy atom. The summed E-state index contributed by atoms with van der Waals surface area (Å²) in [6.07, 6.45) is 5.98. The lowest BCUT2D eigenvalue weighted by atomic mass is 10.4. The van der Waals surface area contributed by atoms with Gasteiger partial charge in [-0.25, -0.2) is 9.97 Å². The van der Waals surface area contributed by atoms with E-state index in [1.165, 1.54) is 10.6 Å². The van der Waals surface area contributed by atoms with Crippen LogP contribution in [-0.4, -0.2) is 33.9 Å². The maximum atomic E-state index is 4.63. The highest BCUT2D eigenvalue weighted by Gasteiger charge is 2.05. The molecule has 6 nitrogen and oxygen atoms in total. The number of thiazole rings is 1. The Hall–Kier alpha value is -2.41. The van der Waals surface area contributed by atoms with Gasteiger partial charge in [-0.1, -0.05) is 13.0 Å². The van der Waals surface area contributed by atoms with Crippen LogP contribution in [0.4, 0.5) is 0 Å². The van der Waals surface area contributed by atoms with Crippen LogP contribution in [0.2, 0.25) is 0 Å². The van der Waals surface area contributed by atoms with Crippen LogP contribution < -0.4 is 10.6 Å². The molecule has 0 aliphatic carbocycles. The van der Waals surface area contributed by atoms with Crippen molar-refractivity contribution >= 4 is 22.9 Å². The molecule has 0 unspecified atom stereocenters. The summed E-state index contributed by atoms with van der Waals surface area (Å²) in [5, 5.41) is 7.81. The first-order valence-corrected chi connectivity index (χ1v) is 9.33. The van der Waals surface area contributed by atoms with Gasteiger partial charge in [0.25, 0.3) is 0 Å². The third-order valence-corrected chi connectivity index (χ3v) is 5.19. The SMILES string of the molecule is CCc1cnc(CCNC(=NC)NCc2cn3c(C)cccc3n2)s1. The predicted molar refractivity (Wildman–Crippen MR) is 103 cm³/mol. The van der Waals surface area contributed by atoms with Gasteiger partial charge in [0.05, 0.1) is 17.2 Å². The highest BCUT2D eigenvalue weighted by molar-refractivity contribution is 7.11. The number of pyridine rings is 1. The molecule has 0 saturated heterocycles. The summed E-state index contributed by atoms with van der Waals surface area (Å²) in [5.74, 6) is 0.779. The van der Waals surface area contributed by atoms with Crippen LogP contribution in [0.3, 0.4) is 0 Å². The number of guanidine groups is 1. The second-order valence-corrected chi connectivity index (χ2v) is 7.00. The summed E-state index contributed by atoms with van der Waals surface area (Å²) in [5.41, 5.74) is 3.13. The van der Waals surface area contributed by atoms with E-state index >= 15 is 0 Å². The fourth-order valence-corrected chi connectivity index (χ4v) is 3.46. The van der Waals surface area contributed by atoms with Gasteiger partial charge in [-0.3, -0.25) is 4.99 Å². The molecule has 0 saturated carbocycles. The molecule has 3 aromatic rings. The van der Waals surface area contributed by atoms with Crippen molar-refractivity contribution in [3.63, 3.8) is 0 Å². The number of hydrogen-bond acceptors (Lipinski definition) is 4. The predicted octanol–water partition coefficient (Wildman–Crippen LogP) is 2.57. The molecule has 0 spiro atoms. The normalized spacial score (nSPS) is 11.9. The molecule has 0 aromatic carbocycles. The van der Waals surface area contributed by atoms with Gasteiger partial charge in [0, 0.05) is 43.0 Å². The van der Waals surface area contributed by atoms with Gasteiger partial charge in [0.15, 0.2) is 5.96 Å². The van der Waals surface area contributed by atoms with Crippen LogP contribution in [0.5, 0.6) is 0 Å². The fourth-order valence-electron chi connectivity index (χ4n) is 2.59. The third-order valence-electron chi connectivity index (χ3n) is 3.99. The maximum Gasteiger partial charge on any atom is 0.191 e. The number of nitrogens with zero attached hydrogens (tertiary/aromatic N) is 4. The zero-order chi connectivity index (χ0) is 17.6. The molecule has 3 aromatic heterocycles. The van der Waals surface area contributed by atoms with Crippen molar-refractivity contribution < 1.29 is 0 Å². The Labute approximate surface area is 152 Å². The van der Waals surface area contributed by atoms with Gasteiger partial charge in [-0.15, -0.1) is 11.3 Å². The second kappa shape index (κ2) is 8.11. The minimum absolute atomic E-state index is 0.637. The molecule has 0 aliphatic rings. The lowest BCUT2D eigenvalue weighted by Crippen LogP contribution is -2.37. The van der Waals surface area contributed by atoms with Gasteiger partial charge in [0.2, 0.25) is 0 Å². The van der Waals surface area contributed by atoms with E-state index in [4.69, 9.17) is 0 Å². The largest absolute Gasteiger partial charge is 0.356 e. The molecule has 3 rings (SSSR count). The van der Waals surface area contributed by atoms with Crippen molar-refractivity contribution in [2.75, 3.05) is 13.6 Å². The average Bonchev–Trinajstić information content (AvgIpc) is 3.25. The molecule has 3 heterocycles. The Balaban J connectivity index is 1.50. The number of fused-ring (bicyclic) bond motifs is 1. The van der Waals surface area contributed by atoms with E-state index in [1.807, 2.05) is 18.3 Å². The topological polar surface area (TPSA) is 66.6 Å². The molecule has 0 amide bonds. The number of aryl methyl sites for hydroxylation is 2. The van der Waals surface area contributed by atoms with Crippen molar-refractivity contribution in [3.05, 3.63) is 51.9 Å². The minimum Gasteiger partial charge on any atom is -0.356 e. The van der Waals surface area contributed by atoms with E-state index in [-0.39, 0.29) is 0 Å². The number of imidazole rings is 1. The van der Waals surface area contributed by atoms with E-state index in [1.54, 1.807) is 18.4 Å². The van der Waals surface area contributed by atoms with Crippen molar-refractivity contribution in [2.24, 2.45) is 4.99 Å². The van der Waals surface area contributed by atoms with E-state index in [0.29, 0.717) is 6.54 Å². The summed E-state index contributed by atoms with van der Waals surface area (Å²) in [6.45, 7) is 5.68. The molecule has 2 N–H and O–H groups in total. The highest BCUT2D eigenvalue weighted by Crippen LogP contribution is 2.13. The van der Waals surface area contributed by atoms with Crippen LogP contribution >= 0.6 is 11.3 Å². The van der Waals surface area contributed by atoms with Crippen molar-refractivity contribution in [1.29, 1.82) is 0 Å². The molecule has 0 atom stereocenters. The zero-order valence-electron chi connectivity index (χ0n) is 14.9. The van der Waals surface area contributed by atoms with Gasteiger partial charge < -0.3 is 15.0 Å². The molecular weight excluding hydrogens is 332 g/mol. The molecule has 0 fully saturated rings. The zero-order valence-corrected chi connectivity index (χ0v) is 15.7. The molecular formula is C18H24N6S. The van der Waals surface area contributed by atoms with E-state index in [2.05, 4.69) is 56.1 Å². The lowest BCUT2D eigenvalue weighted by Gasteiger charge is -2.10. The average molecular weight is 356 g/mol. The second-order valence-electron chi connectivity index (χ2n) is 5.80. The first-order chi connectivity index (χ1) is 12.2. The monoisotopic (exact) mass is 356 g/mol. The van der Waals surface area contributed by atoms with Gasteiger partial charge in [-0.2, -0.15) is 0 Å². The van der Waals surface area contributed by atoms with Crippen molar-refractivity contribution in [2.45, 2.75) is 33.2 Å². The number of rotatable bonds is 6. The smallest absolute Gasteiger partial charge is 0.191 e. The van der Waals surface area contributed by atoms with Crippen LogP contribution in [0, 0.1) is 6.92 Å². The first kappa shape index (κ1) is 17.4. The first-order valence-electron chi connectivity index (χ1n) is 8.51. The van der Waals surface area contributed by atoms with Crippen LogP contribution in [-0.2, 0) is 19.4 Å². The summed E-state index contributed by atoms with van der Waals surface area (Å²) in [7, 11) is 1.78. The van der Waals surface area contributed by atoms with Crippen molar-refractivity contribution in [3.8, 4) is 0 Å². The van der Waals surface area contributed by atoms with E-state index < -0.39 is 0 Å². The number of hydrogen-bond donors (Lipinski definition) is 2. The standard InChI is InChI=1S/C18H24N6S/c1-4-15-11-21-17(25-15)8-9-20-18(19-3)22-10-14-12-24-13(2)6-5-7-16(24)23-14/h5-7,11-12H,4,8-10H2,1-3H3,(H2,19,20,22). The van der Waals surface area contributed by atoms with E-state index in [9.17, 15) is 0 Å². The Morgan fingerprint density at radius 2 is 2.20 bits per heavy atom. The summed E-state index contributed by atoms with van der Waals surface area (Å²) in [4.78, 5) is 14.7. The van der Waals surface area contributed by atoms with Crippen LogP contribution in [0.25, 0.3) is 5.65 Å². The number of aromatic nitrogens is 3. The van der Waals surface area contributed by atoms with Gasteiger partial charge in [0.1, 0.15) is 5.65 Å². The lowest BCUT2D eigenvalue weighted by molar-refractivity contribution is 0.784. The molecule has 25 heavy (non-hydrogen) atoms. The minimum atomic E-state index is 0.637. The quantitative estimate of drug-likeness (QED) is 0.526. The van der Waals surface area contributed by atoms with Crippen molar-refractivity contribution in [1.82, 2.24) is 25.0 Å². The number of nitrogens with one attached hydrogen (secondary N) is 2. The van der Waals surface area contributed by atoms with Gasteiger partial charge in [-0.05, 0) is 25.5 Å². The Morgan fingerprint density at radius 1 is 1.32 bits per heavy atom. The molecule has 0 aliphatic heterocycles. The summed E-state index contributed by atoms with van der Waals surface area (Å²) < 4.78 is 2.10. The Kier molecular flexibility index (Phi) is 5.65. The molecule has 132 valence electrons. The van der Waals surface area contributed by atoms with E-state index in [0.717, 1.165) is 41.7 Å². The summed E-state index contributed by atoms with van der Waals surface area (Å²) >= 11 is 1.78. The summed E-state index contributed by atoms with van der Waals surface area (Å²) in [6, 6.07) is 6.12. The van der Waals surface area contributed by atoms with Crippen LogP contribution in [0.1, 0.15) is 28.2 Å². The maximum absolute atomic E-state index is 4.63.